The molecule has 0 amide bonds. The SMILES string of the molecule is CCCCCCCCCCc1ccc(-c2nnc(/N=C/c3ccc(C(=O)OC[C@@H](Cl)[C@@H](C)CC)cc3)s2)cc1. The van der Waals surface area contributed by atoms with Gasteiger partial charge in [0.2, 0.25) is 5.13 Å². The van der Waals surface area contributed by atoms with Crippen LogP contribution in [0.1, 0.15) is 100 Å². The topological polar surface area (TPSA) is 64.4 Å². The number of aliphatic imine (C=N–C) groups is 1. The van der Waals surface area contributed by atoms with Crippen LogP contribution >= 0.6 is 22.9 Å². The monoisotopic (exact) mass is 567 g/mol. The minimum Gasteiger partial charge on any atom is -0.461 e. The number of hydrogen-bond acceptors (Lipinski definition) is 6. The van der Waals surface area contributed by atoms with Crippen molar-refractivity contribution in [2.45, 2.75) is 90.4 Å². The van der Waals surface area contributed by atoms with Crippen molar-refractivity contribution in [3.63, 3.8) is 0 Å². The second-order valence-corrected chi connectivity index (χ2v) is 11.7. The van der Waals surface area contributed by atoms with Crippen LogP contribution in [-0.4, -0.2) is 34.4 Å². The first-order valence-corrected chi connectivity index (χ1v) is 15.6. The van der Waals surface area contributed by atoms with Gasteiger partial charge < -0.3 is 4.74 Å². The van der Waals surface area contributed by atoms with E-state index in [1.165, 1.54) is 68.3 Å². The van der Waals surface area contributed by atoms with Crippen LogP contribution in [0, 0.1) is 5.92 Å². The molecule has 2 aromatic carbocycles. The summed E-state index contributed by atoms with van der Waals surface area (Å²) in [5, 5.41) is 9.80. The van der Waals surface area contributed by atoms with Crippen LogP contribution in [0.25, 0.3) is 10.6 Å². The molecule has 3 rings (SSSR count). The molecule has 0 aliphatic rings. The van der Waals surface area contributed by atoms with Crippen molar-refractivity contribution in [2.75, 3.05) is 6.61 Å². The van der Waals surface area contributed by atoms with Gasteiger partial charge in [0.1, 0.15) is 11.6 Å². The van der Waals surface area contributed by atoms with Gasteiger partial charge in [-0.1, -0.05) is 120 Å². The van der Waals surface area contributed by atoms with E-state index in [-0.39, 0.29) is 18.0 Å². The summed E-state index contributed by atoms with van der Waals surface area (Å²) in [7, 11) is 0. The van der Waals surface area contributed by atoms with Gasteiger partial charge in [-0.15, -0.1) is 21.8 Å². The van der Waals surface area contributed by atoms with Crippen LogP contribution in [0.2, 0.25) is 0 Å². The van der Waals surface area contributed by atoms with Crippen LogP contribution in [0.4, 0.5) is 5.13 Å². The molecule has 1 aromatic heterocycles. The molecule has 7 heteroatoms. The van der Waals surface area contributed by atoms with Crippen molar-refractivity contribution in [1.82, 2.24) is 10.2 Å². The summed E-state index contributed by atoms with van der Waals surface area (Å²) >= 11 is 7.73. The lowest BCUT2D eigenvalue weighted by molar-refractivity contribution is 0.0489. The number of unbranched alkanes of at least 4 members (excludes halogenated alkanes) is 7. The van der Waals surface area contributed by atoms with E-state index in [9.17, 15) is 4.79 Å². The Labute approximate surface area is 243 Å². The molecule has 0 spiro atoms. The standard InChI is InChI=1S/C32H42ClN3O2S/c1-4-6-7-8-9-10-11-12-13-25-14-18-27(19-15-25)30-35-36-32(39-30)34-22-26-16-20-28(21-17-26)31(37)38-23-29(33)24(3)5-2/h14-22,24,29H,4-13,23H2,1-3H3/b34-22+/t24-,29+/m0/s1. The zero-order valence-electron chi connectivity index (χ0n) is 23.6. The van der Waals surface area contributed by atoms with Crippen molar-refractivity contribution in [1.29, 1.82) is 0 Å². The van der Waals surface area contributed by atoms with Gasteiger partial charge in [-0.05, 0) is 42.0 Å². The fourth-order valence-electron chi connectivity index (χ4n) is 4.15. The lowest BCUT2D eigenvalue weighted by Gasteiger charge is -2.15. The van der Waals surface area contributed by atoms with E-state index < -0.39 is 0 Å². The number of nitrogens with zero attached hydrogens (tertiary/aromatic N) is 3. The zero-order valence-corrected chi connectivity index (χ0v) is 25.1. The number of carbonyl (C=O) groups is 1. The number of aryl methyl sites for hydroxylation is 1. The Morgan fingerprint density at radius 1 is 0.949 bits per heavy atom. The van der Waals surface area contributed by atoms with Gasteiger partial charge in [0.05, 0.1) is 10.9 Å². The molecule has 0 N–H and O–H groups in total. The molecule has 0 bridgehead atoms. The van der Waals surface area contributed by atoms with Crippen molar-refractivity contribution in [2.24, 2.45) is 10.9 Å². The Morgan fingerprint density at radius 3 is 2.28 bits per heavy atom. The van der Waals surface area contributed by atoms with E-state index >= 15 is 0 Å². The van der Waals surface area contributed by atoms with Gasteiger partial charge in [0.25, 0.3) is 0 Å². The summed E-state index contributed by atoms with van der Waals surface area (Å²) in [6.07, 6.45) is 14.5. The first-order valence-electron chi connectivity index (χ1n) is 14.4. The van der Waals surface area contributed by atoms with Crippen molar-refractivity contribution in [3.05, 3.63) is 65.2 Å². The molecule has 3 aromatic rings. The normalized spacial score (nSPS) is 13.0. The average molecular weight is 568 g/mol. The van der Waals surface area contributed by atoms with Gasteiger partial charge in [0, 0.05) is 11.8 Å². The maximum Gasteiger partial charge on any atom is 0.338 e. The summed E-state index contributed by atoms with van der Waals surface area (Å²) in [4.78, 5) is 16.8. The van der Waals surface area contributed by atoms with Gasteiger partial charge in [-0.25, -0.2) is 9.79 Å². The highest BCUT2D eigenvalue weighted by atomic mass is 35.5. The number of esters is 1. The van der Waals surface area contributed by atoms with Gasteiger partial charge in [-0.3, -0.25) is 0 Å². The fourth-order valence-corrected chi connectivity index (χ4v) is 5.09. The fraction of sp³-hybridized carbons (Fsp3) is 0.500. The summed E-state index contributed by atoms with van der Waals surface area (Å²) in [5.41, 5.74) is 3.79. The van der Waals surface area contributed by atoms with E-state index in [0.717, 1.165) is 29.0 Å². The molecule has 0 radical (unpaired) electrons. The third-order valence-electron chi connectivity index (χ3n) is 7.04. The lowest BCUT2D eigenvalue weighted by atomic mass is 10.0. The van der Waals surface area contributed by atoms with Crippen LogP contribution in [0.15, 0.2) is 53.5 Å². The molecule has 0 unspecified atom stereocenters. The highest BCUT2D eigenvalue weighted by molar-refractivity contribution is 7.18. The lowest BCUT2D eigenvalue weighted by Crippen LogP contribution is -2.20. The van der Waals surface area contributed by atoms with E-state index in [1.54, 1.807) is 18.3 Å². The largest absolute Gasteiger partial charge is 0.461 e. The Bertz CT molecular complexity index is 1140. The number of aromatic nitrogens is 2. The highest BCUT2D eigenvalue weighted by Gasteiger charge is 2.16. The third kappa shape index (κ3) is 10.8. The molecular weight excluding hydrogens is 526 g/mol. The molecule has 5 nitrogen and oxygen atoms in total. The second-order valence-electron chi connectivity index (χ2n) is 10.2. The van der Waals surface area contributed by atoms with Crippen molar-refractivity contribution in [3.8, 4) is 10.6 Å². The van der Waals surface area contributed by atoms with E-state index in [2.05, 4.69) is 60.2 Å². The number of hydrogen-bond donors (Lipinski definition) is 0. The van der Waals surface area contributed by atoms with Crippen LogP contribution in [0.5, 0.6) is 0 Å². The summed E-state index contributed by atoms with van der Waals surface area (Å²) in [6, 6.07) is 15.8. The number of rotatable bonds is 17. The quantitative estimate of drug-likeness (QED) is 0.0705. The van der Waals surface area contributed by atoms with E-state index in [1.807, 2.05) is 12.1 Å². The average Bonchev–Trinajstić information content (AvgIpc) is 3.45. The number of benzene rings is 2. The molecule has 0 saturated carbocycles. The molecule has 210 valence electrons. The second kappa shape index (κ2) is 17.2. The van der Waals surface area contributed by atoms with Gasteiger partial charge >= 0.3 is 5.97 Å². The molecule has 0 saturated heterocycles. The maximum atomic E-state index is 12.3. The minimum atomic E-state index is -0.370. The molecular formula is C32H42ClN3O2S. The highest BCUT2D eigenvalue weighted by Crippen LogP contribution is 2.28. The van der Waals surface area contributed by atoms with Gasteiger partial charge in [-0.2, -0.15) is 0 Å². The first-order chi connectivity index (χ1) is 19.0. The Balaban J connectivity index is 1.44. The summed E-state index contributed by atoms with van der Waals surface area (Å²) < 4.78 is 5.36. The van der Waals surface area contributed by atoms with E-state index in [0.29, 0.717) is 16.6 Å². The summed E-state index contributed by atoms with van der Waals surface area (Å²) in [6.45, 7) is 6.59. The Hall–Kier alpha value is -2.57. The smallest absolute Gasteiger partial charge is 0.338 e. The van der Waals surface area contributed by atoms with Crippen LogP contribution in [-0.2, 0) is 11.2 Å². The third-order valence-corrected chi connectivity index (χ3v) is 8.48. The molecule has 0 fully saturated rings. The Morgan fingerprint density at radius 2 is 1.62 bits per heavy atom. The van der Waals surface area contributed by atoms with Crippen molar-refractivity contribution < 1.29 is 9.53 Å². The Kier molecular flexibility index (Phi) is 13.6. The number of halogens is 1. The summed E-state index contributed by atoms with van der Waals surface area (Å²) in [5.74, 6) is -0.0761. The molecule has 0 aliphatic heterocycles. The molecule has 1 heterocycles. The van der Waals surface area contributed by atoms with Crippen LogP contribution in [0.3, 0.4) is 0 Å². The molecule has 2 atom stereocenters. The zero-order chi connectivity index (χ0) is 27.9. The first kappa shape index (κ1) is 31.0. The molecule has 39 heavy (non-hydrogen) atoms. The van der Waals surface area contributed by atoms with E-state index in [4.69, 9.17) is 16.3 Å². The van der Waals surface area contributed by atoms with Gasteiger partial charge in [0.15, 0.2) is 0 Å². The minimum absolute atomic E-state index is 0.181. The predicted octanol–water partition coefficient (Wildman–Crippen LogP) is 9.45. The number of ether oxygens (including phenoxy) is 1. The maximum absolute atomic E-state index is 12.3. The van der Waals surface area contributed by atoms with Crippen molar-refractivity contribution >= 4 is 40.3 Å². The number of alkyl halides is 1. The number of carbonyl (C=O) groups excluding carboxylic acids is 1. The molecule has 0 aliphatic carbocycles. The van der Waals surface area contributed by atoms with Crippen LogP contribution < -0.4 is 0 Å². The predicted molar refractivity (Wildman–Crippen MR) is 165 cm³/mol.